The largest absolute Gasteiger partial charge is 0.346 e. The molecule has 1 aromatic carbocycles. The van der Waals surface area contributed by atoms with E-state index in [2.05, 4.69) is 27.7 Å². The van der Waals surface area contributed by atoms with Crippen LogP contribution in [0.2, 0.25) is 0 Å². The van der Waals surface area contributed by atoms with Gasteiger partial charge in [-0.3, -0.25) is 19.3 Å². The Balaban J connectivity index is 0.00000420. The smallest absolute Gasteiger partial charge is 0.242 e. The molecule has 10 heteroatoms. The predicted molar refractivity (Wildman–Crippen MR) is 122 cm³/mol. The quantitative estimate of drug-likeness (QED) is 0.518. The van der Waals surface area contributed by atoms with E-state index in [0.717, 1.165) is 19.6 Å². The minimum absolute atomic E-state index is 0. The Morgan fingerprint density at radius 3 is 2.13 bits per heavy atom. The number of piperazine rings is 1. The Hall–Kier alpha value is -1.87. The molecule has 0 bridgehead atoms. The average Bonchev–Trinajstić information content (AvgIpc) is 2.70. The minimum atomic E-state index is -0.651. The van der Waals surface area contributed by atoms with E-state index in [9.17, 15) is 14.4 Å². The van der Waals surface area contributed by atoms with Gasteiger partial charge in [0.05, 0.1) is 19.1 Å². The van der Waals surface area contributed by atoms with Crippen molar-refractivity contribution in [2.24, 2.45) is 11.7 Å². The van der Waals surface area contributed by atoms with Crippen molar-refractivity contribution >= 4 is 42.5 Å². The van der Waals surface area contributed by atoms with Crippen molar-refractivity contribution in [1.82, 2.24) is 20.4 Å². The fourth-order valence-electron chi connectivity index (χ4n) is 2.93. The molecule has 0 aliphatic carbocycles. The lowest BCUT2D eigenvalue weighted by atomic mass is 10.1. The van der Waals surface area contributed by atoms with Crippen molar-refractivity contribution < 1.29 is 14.4 Å². The summed E-state index contributed by atoms with van der Waals surface area (Å²) in [5.74, 6) is -0.894. The molecule has 0 radical (unpaired) electrons. The number of nitrogens with two attached hydrogens (primary N) is 1. The van der Waals surface area contributed by atoms with Crippen LogP contribution >= 0.6 is 24.8 Å². The molecule has 1 aromatic rings. The van der Waals surface area contributed by atoms with Crippen LogP contribution in [0.3, 0.4) is 0 Å². The first-order valence-electron chi connectivity index (χ1n) is 9.71. The molecule has 1 aliphatic heterocycles. The van der Waals surface area contributed by atoms with E-state index < -0.39 is 11.9 Å². The van der Waals surface area contributed by atoms with Gasteiger partial charge in [0.15, 0.2) is 0 Å². The summed E-state index contributed by atoms with van der Waals surface area (Å²) < 4.78 is 0. The van der Waals surface area contributed by atoms with Gasteiger partial charge in [-0.25, -0.2) is 0 Å². The van der Waals surface area contributed by atoms with Gasteiger partial charge in [0.2, 0.25) is 17.7 Å². The van der Waals surface area contributed by atoms with E-state index in [1.54, 1.807) is 4.90 Å². The van der Waals surface area contributed by atoms with E-state index in [-0.39, 0.29) is 55.6 Å². The van der Waals surface area contributed by atoms with Crippen molar-refractivity contribution in [3.8, 4) is 0 Å². The van der Waals surface area contributed by atoms with Crippen molar-refractivity contribution in [3.63, 3.8) is 0 Å². The van der Waals surface area contributed by atoms with Crippen LogP contribution in [0.5, 0.6) is 0 Å². The second-order valence-corrected chi connectivity index (χ2v) is 7.41. The maximum Gasteiger partial charge on any atom is 0.242 e. The number of benzene rings is 1. The lowest BCUT2D eigenvalue weighted by Crippen LogP contribution is -2.52. The first-order chi connectivity index (χ1) is 13.4. The number of halogens is 2. The normalized spacial score (nSPS) is 14.9. The molecule has 1 atom stereocenters. The van der Waals surface area contributed by atoms with Crippen molar-refractivity contribution in [1.29, 1.82) is 0 Å². The fraction of sp³-hybridized carbons (Fsp3) is 0.550. The van der Waals surface area contributed by atoms with Gasteiger partial charge in [-0.2, -0.15) is 0 Å². The number of carbonyl (C=O) groups is 3. The molecule has 2 rings (SSSR count). The first kappa shape index (κ1) is 28.1. The fourth-order valence-corrected chi connectivity index (χ4v) is 2.93. The van der Waals surface area contributed by atoms with Crippen molar-refractivity contribution in [2.45, 2.75) is 26.4 Å². The Morgan fingerprint density at radius 2 is 1.57 bits per heavy atom. The summed E-state index contributed by atoms with van der Waals surface area (Å²) in [6, 6.07) is 9.59. The maximum atomic E-state index is 12.3. The van der Waals surface area contributed by atoms with Gasteiger partial charge in [0, 0.05) is 32.7 Å². The SMILES string of the molecule is CC(C)[C@H](N)C(=O)NCC(=O)NCC(=O)N1CCN(Cc2ccccc2)CC1.Cl.Cl. The number of nitrogens with zero attached hydrogens (tertiary/aromatic N) is 2. The van der Waals surface area contributed by atoms with E-state index in [4.69, 9.17) is 5.73 Å². The van der Waals surface area contributed by atoms with E-state index >= 15 is 0 Å². The highest BCUT2D eigenvalue weighted by molar-refractivity contribution is 5.89. The van der Waals surface area contributed by atoms with Gasteiger partial charge in [0.25, 0.3) is 0 Å². The molecule has 1 aliphatic rings. The van der Waals surface area contributed by atoms with Gasteiger partial charge in [-0.05, 0) is 11.5 Å². The van der Waals surface area contributed by atoms with Crippen LogP contribution in [0, 0.1) is 5.92 Å². The molecule has 0 aromatic heterocycles. The zero-order chi connectivity index (χ0) is 20.5. The first-order valence-corrected chi connectivity index (χ1v) is 9.71. The van der Waals surface area contributed by atoms with Gasteiger partial charge in [-0.1, -0.05) is 44.2 Å². The Morgan fingerprint density at radius 1 is 0.967 bits per heavy atom. The minimum Gasteiger partial charge on any atom is -0.346 e. The van der Waals surface area contributed by atoms with Crippen molar-refractivity contribution in [2.75, 3.05) is 39.3 Å². The lowest BCUT2D eigenvalue weighted by molar-refractivity contribution is -0.134. The van der Waals surface area contributed by atoms with Crippen LogP contribution in [0.1, 0.15) is 19.4 Å². The molecular formula is C20H33Cl2N5O3. The number of hydrogen-bond donors (Lipinski definition) is 3. The number of nitrogens with one attached hydrogen (secondary N) is 2. The predicted octanol–water partition coefficient (Wildman–Crippen LogP) is 0.390. The summed E-state index contributed by atoms with van der Waals surface area (Å²) >= 11 is 0. The molecule has 170 valence electrons. The molecule has 30 heavy (non-hydrogen) atoms. The molecule has 4 N–H and O–H groups in total. The van der Waals surface area contributed by atoms with Crippen LogP contribution in [-0.2, 0) is 20.9 Å². The molecule has 0 saturated carbocycles. The third kappa shape index (κ3) is 9.30. The zero-order valence-electron chi connectivity index (χ0n) is 17.5. The highest BCUT2D eigenvalue weighted by Gasteiger charge is 2.22. The zero-order valence-corrected chi connectivity index (χ0v) is 19.1. The van der Waals surface area contributed by atoms with E-state index in [0.29, 0.717) is 13.1 Å². The highest BCUT2D eigenvalue weighted by Crippen LogP contribution is 2.08. The summed E-state index contributed by atoms with van der Waals surface area (Å²) in [5.41, 5.74) is 6.98. The maximum absolute atomic E-state index is 12.3. The molecule has 8 nitrogen and oxygen atoms in total. The van der Waals surface area contributed by atoms with Gasteiger partial charge >= 0.3 is 0 Å². The molecule has 1 saturated heterocycles. The Labute approximate surface area is 190 Å². The topological polar surface area (TPSA) is 108 Å². The van der Waals surface area contributed by atoms with Crippen LogP contribution < -0.4 is 16.4 Å². The second-order valence-electron chi connectivity index (χ2n) is 7.41. The number of hydrogen-bond acceptors (Lipinski definition) is 5. The standard InChI is InChI=1S/C20H31N5O3.2ClH/c1-15(2)19(21)20(28)23-12-17(26)22-13-18(27)25-10-8-24(9-11-25)14-16-6-4-3-5-7-16;;/h3-7,15,19H,8-14,21H2,1-2H3,(H,22,26)(H,23,28);2*1H/t19-;;/m0../s1. The van der Waals surface area contributed by atoms with E-state index in [1.165, 1.54) is 5.56 Å². The molecule has 1 heterocycles. The Kier molecular flexibility index (Phi) is 13.3. The van der Waals surface area contributed by atoms with E-state index in [1.807, 2.05) is 32.0 Å². The average molecular weight is 462 g/mol. The van der Waals surface area contributed by atoms with Crippen LogP contribution in [0.4, 0.5) is 0 Å². The molecule has 1 fully saturated rings. The molecule has 0 unspecified atom stereocenters. The molecular weight excluding hydrogens is 429 g/mol. The Bertz CT molecular complexity index is 668. The van der Waals surface area contributed by atoms with Crippen LogP contribution in [0.15, 0.2) is 30.3 Å². The monoisotopic (exact) mass is 461 g/mol. The van der Waals surface area contributed by atoms with Gasteiger partial charge in [-0.15, -0.1) is 24.8 Å². The van der Waals surface area contributed by atoms with Crippen molar-refractivity contribution in [3.05, 3.63) is 35.9 Å². The summed E-state index contributed by atoms with van der Waals surface area (Å²) in [6.07, 6.45) is 0. The number of amides is 3. The molecule has 3 amide bonds. The van der Waals surface area contributed by atoms with Crippen LogP contribution in [0.25, 0.3) is 0 Å². The number of rotatable bonds is 8. The third-order valence-corrected chi connectivity index (χ3v) is 4.85. The lowest BCUT2D eigenvalue weighted by Gasteiger charge is -2.34. The van der Waals surface area contributed by atoms with Crippen LogP contribution in [-0.4, -0.2) is 72.8 Å². The second kappa shape index (κ2) is 14.2. The summed E-state index contributed by atoms with van der Waals surface area (Å²) in [5, 5.41) is 5.04. The third-order valence-electron chi connectivity index (χ3n) is 4.85. The highest BCUT2D eigenvalue weighted by atomic mass is 35.5. The van der Waals surface area contributed by atoms with Gasteiger partial charge in [0.1, 0.15) is 0 Å². The van der Waals surface area contributed by atoms with Gasteiger partial charge < -0.3 is 21.3 Å². The number of carbonyl (C=O) groups excluding carboxylic acids is 3. The summed E-state index contributed by atoms with van der Waals surface area (Å²) in [7, 11) is 0. The molecule has 0 spiro atoms. The summed E-state index contributed by atoms with van der Waals surface area (Å²) in [4.78, 5) is 39.9. The summed E-state index contributed by atoms with van der Waals surface area (Å²) in [6.45, 7) is 7.18.